The first kappa shape index (κ1) is 37.4. The van der Waals surface area contributed by atoms with Crippen molar-refractivity contribution in [2.24, 2.45) is 39.9 Å². The third-order valence-electron chi connectivity index (χ3n) is 12.5. The maximum Gasteiger partial charge on any atom is 0.490 e. The zero-order valence-corrected chi connectivity index (χ0v) is 29.1. The van der Waals surface area contributed by atoms with E-state index in [4.69, 9.17) is 14.2 Å². The van der Waals surface area contributed by atoms with E-state index in [-0.39, 0.29) is 57.1 Å². The number of Topliss-reactive ketones (excluding diaryl/α,β-unsaturated/α-hetero) is 1. The summed E-state index contributed by atoms with van der Waals surface area (Å²) < 4.78 is 57.4. The summed E-state index contributed by atoms with van der Waals surface area (Å²) in [5.41, 5.74) is -2.18. The lowest BCUT2D eigenvalue weighted by molar-refractivity contribution is -0.229. The number of alkyl halides is 3. The molecule has 10 nitrogen and oxygen atoms in total. The number of carbonyl (C=O) groups excluding carboxylic acids is 5. The lowest BCUT2D eigenvalue weighted by Crippen LogP contribution is -2.64. The second-order valence-electron chi connectivity index (χ2n) is 15.1. The van der Waals surface area contributed by atoms with E-state index in [1.165, 1.54) is 11.0 Å². The van der Waals surface area contributed by atoms with Gasteiger partial charge in [0.2, 0.25) is 5.91 Å². The Morgan fingerprint density at radius 2 is 1.68 bits per heavy atom. The number of carbonyl (C=O) groups is 5. The Morgan fingerprint density at radius 3 is 2.30 bits per heavy atom. The summed E-state index contributed by atoms with van der Waals surface area (Å²) in [5.74, 6) is -5.00. The molecule has 1 heterocycles. The highest BCUT2D eigenvalue weighted by atomic mass is 19.4. The molecule has 50 heavy (non-hydrogen) atoms. The molecule has 1 aromatic rings. The molecule has 3 amide bonds. The zero-order valence-electron chi connectivity index (χ0n) is 29.1. The van der Waals surface area contributed by atoms with Crippen molar-refractivity contribution in [3.8, 4) is 0 Å². The highest BCUT2D eigenvalue weighted by Gasteiger charge is 2.69. The van der Waals surface area contributed by atoms with Crippen LogP contribution >= 0.6 is 0 Å². The Kier molecular flexibility index (Phi) is 10.5. The van der Waals surface area contributed by atoms with E-state index in [0.29, 0.717) is 19.3 Å². The number of imide groups is 1. The zero-order chi connectivity index (χ0) is 36.6. The van der Waals surface area contributed by atoms with Crippen LogP contribution < -0.4 is 5.32 Å². The quantitative estimate of drug-likeness (QED) is 0.195. The molecule has 1 N–H and O–H groups in total. The van der Waals surface area contributed by atoms with Crippen molar-refractivity contribution in [1.82, 2.24) is 10.2 Å². The number of hydrogen-bond donors (Lipinski definition) is 1. The molecule has 3 saturated carbocycles. The van der Waals surface area contributed by atoms with Crippen LogP contribution in [0.1, 0.15) is 78.2 Å². The van der Waals surface area contributed by atoms with Crippen molar-refractivity contribution in [2.75, 3.05) is 13.1 Å². The number of amides is 3. The molecule has 1 aliphatic heterocycles. The molecule has 8 atom stereocenters. The van der Waals surface area contributed by atoms with Crippen LogP contribution in [0, 0.1) is 39.9 Å². The standard InChI is InChI=1S/C37H47F3N2O8/c1-6-34(4)20-27(49-32(46)41-30(44)25-14-18-42(19-15-25)33(47)48-21-24-10-8-7-9-11-24)35(5)22(2)12-16-36(17-13-26(43)28(35)36)23(3)29(34)50-31(45)37(38,39)40/h6-11,22-23,25,27-29H,1,12-21H2,2-5H3,(H,41,44,46)/t22?,23?,27?,28?,29-,34+,35?,36?/m1/s1. The molecule has 3 aliphatic carbocycles. The van der Waals surface area contributed by atoms with Crippen LogP contribution in [-0.4, -0.2) is 66.2 Å². The summed E-state index contributed by atoms with van der Waals surface area (Å²) >= 11 is 0. The Balaban J connectivity index is 1.32. The van der Waals surface area contributed by atoms with Crippen molar-refractivity contribution in [3.63, 3.8) is 0 Å². The number of ether oxygens (including phenoxy) is 3. The molecule has 6 unspecified atom stereocenters. The van der Waals surface area contributed by atoms with Gasteiger partial charge in [0.15, 0.2) is 0 Å². The molecule has 1 saturated heterocycles. The van der Waals surface area contributed by atoms with Gasteiger partial charge in [-0.25, -0.2) is 14.4 Å². The summed E-state index contributed by atoms with van der Waals surface area (Å²) in [4.78, 5) is 66.9. The Labute approximate surface area is 290 Å². The average Bonchev–Trinajstić information content (AvgIpc) is 3.44. The average molecular weight is 705 g/mol. The third kappa shape index (κ3) is 6.88. The monoisotopic (exact) mass is 704 g/mol. The summed E-state index contributed by atoms with van der Waals surface area (Å²) in [7, 11) is 0. The molecule has 1 aromatic carbocycles. The fraction of sp³-hybridized carbons (Fsp3) is 0.649. The third-order valence-corrected chi connectivity index (χ3v) is 12.5. The second-order valence-corrected chi connectivity index (χ2v) is 15.1. The van der Waals surface area contributed by atoms with E-state index >= 15 is 0 Å². The van der Waals surface area contributed by atoms with Gasteiger partial charge in [-0.1, -0.05) is 64.1 Å². The predicted octanol–water partition coefficient (Wildman–Crippen LogP) is 6.76. The van der Waals surface area contributed by atoms with E-state index < -0.39 is 76.4 Å². The number of likely N-dealkylation sites (tertiary alicyclic amines) is 1. The van der Waals surface area contributed by atoms with E-state index in [9.17, 15) is 37.1 Å². The minimum atomic E-state index is -5.24. The van der Waals surface area contributed by atoms with Crippen molar-refractivity contribution in [1.29, 1.82) is 0 Å². The summed E-state index contributed by atoms with van der Waals surface area (Å²) in [6.07, 6.45) is -5.46. The van der Waals surface area contributed by atoms with Gasteiger partial charge >= 0.3 is 24.3 Å². The Hall–Kier alpha value is -3.90. The van der Waals surface area contributed by atoms with Crippen LogP contribution in [0.15, 0.2) is 43.0 Å². The molecule has 4 fully saturated rings. The number of hydrogen-bond acceptors (Lipinski definition) is 8. The van der Waals surface area contributed by atoms with Crippen LogP contribution in [0.5, 0.6) is 0 Å². The molecule has 274 valence electrons. The van der Waals surface area contributed by atoms with Crippen molar-refractivity contribution < 1.29 is 51.4 Å². The molecule has 0 aromatic heterocycles. The molecule has 0 spiro atoms. The Bertz CT molecular complexity index is 1490. The summed E-state index contributed by atoms with van der Waals surface area (Å²) in [6, 6.07) is 9.24. The molecule has 0 radical (unpaired) electrons. The first-order valence-electron chi connectivity index (χ1n) is 17.4. The summed E-state index contributed by atoms with van der Waals surface area (Å²) in [5, 5.41) is 2.34. The Morgan fingerprint density at radius 1 is 1.02 bits per heavy atom. The summed E-state index contributed by atoms with van der Waals surface area (Å²) in [6.45, 7) is 11.8. The van der Waals surface area contributed by atoms with E-state index in [1.54, 1.807) is 13.8 Å². The van der Waals surface area contributed by atoms with Crippen LogP contribution in [0.3, 0.4) is 0 Å². The normalized spacial score (nSPS) is 34.4. The van der Waals surface area contributed by atoms with E-state index in [2.05, 4.69) is 11.9 Å². The number of benzene rings is 1. The molecule has 5 rings (SSSR count). The number of nitrogens with one attached hydrogen (secondary N) is 1. The van der Waals surface area contributed by atoms with Crippen molar-refractivity contribution in [2.45, 2.75) is 97.6 Å². The lowest BCUT2D eigenvalue weighted by Gasteiger charge is -2.62. The minimum absolute atomic E-state index is 0.0619. The van der Waals surface area contributed by atoms with Gasteiger partial charge in [0.25, 0.3) is 0 Å². The van der Waals surface area contributed by atoms with Gasteiger partial charge in [0.1, 0.15) is 24.6 Å². The molecule has 4 aliphatic rings. The maximum absolute atomic E-state index is 13.7. The minimum Gasteiger partial charge on any atom is -0.454 e. The fourth-order valence-electron chi connectivity index (χ4n) is 9.39. The lowest BCUT2D eigenvalue weighted by atomic mass is 9.44. The number of rotatable bonds is 6. The fourth-order valence-corrected chi connectivity index (χ4v) is 9.39. The van der Waals surface area contributed by atoms with Crippen molar-refractivity contribution in [3.05, 3.63) is 48.6 Å². The van der Waals surface area contributed by atoms with Crippen molar-refractivity contribution >= 4 is 29.8 Å². The van der Waals surface area contributed by atoms with Gasteiger partial charge in [-0.3, -0.25) is 14.9 Å². The highest BCUT2D eigenvalue weighted by Crippen LogP contribution is 2.68. The largest absolute Gasteiger partial charge is 0.490 e. The molecule has 2 bridgehead atoms. The number of halogens is 3. The molecular formula is C37H47F3N2O8. The van der Waals surface area contributed by atoms with Gasteiger partial charge in [0.05, 0.1) is 0 Å². The first-order chi connectivity index (χ1) is 23.5. The first-order valence-corrected chi connectivity index (χ1v) is 17.4. The van der Waals surface area contributed by atoms with Crippen LogP contribution in [0.25, 0.3) is 0 Å². The van der Waals surface area contributed by atoms with Gasteiger partial charge < -0.3 is 19.1 Å². The predicted molar refractivity (Wildman–Crippen MR) is 174 cm³/mol. The second kappa shape index (κ2) is 14.0. The van der Waals surface area contributed by atoms with Gasteiger partial charge in [-0.05, 0) is 55.4 Å². The smallest absolute Gasteiger partial charge is 0.454 e. The number of ketones is 1. The van der Waals surface area contributed by atoms with Crippen LogP contribution in [0.4, 0.5) is 22.8 Å². The van der Waals surface area contributed by atoms with E-state index in [1.807, 2.05) is 44.2 Å². The maximum atomic E-state index is 13.7. The van der Waals surface area contributed by atoms with Gasteiger partial charge in [-0.15, -0.1) is 6.58 Å². The van der Waals surface area contributed by atoms with Gasteiger partial charge in [-0.2, -0.15) is 13.2 Å². The SMILES string of the molecule is C=C[C@@]1(C)CC(OC(=O)NC(=O)C2CCN(C(=O)OCc3ccccc3)CC2)C2(C)C(C)CCC3(CCC(=O)C32)C(C)[C@H]1OC(=O)C(F)(F)F. The number of nitrogens with zero attached hydrogens (tertiary/aromatic N) is 1. The number of esters is 1. The number of alkyl carbamates (subject to hydrolysis) is 1. The molecule has 13 heteroatoms. The molecular weight excluding hydrogens is 657 g/mol. The van der Waals surface area contributed by atoms with Gasteiger partial charge in [0, 0.05) is 48.1 Å². The van der Waals surface area contributed by atoms with Crippen LogP contribution in [-0.2, 0) is 35.2 Å². The van der Waals surface area contributed by atoms with Crippen LogP contribution in [0.2, 0.25) is 0 Å². The topological polar surface area (TPSA) is 128 Å². The number of piperidine rings is 1. The highest BCUT2D eigenvalue weighted by molar-refractivity contribution is 5.93. The van der Waals surface area contributed by atoms with E-state index in [0.717, 1.165) is 5.56 Å².